The van der Waals surface area contributed by atoms with E-state index in [0.717, 1.165) is 42.4 Å². The third-order valence-corrected chi connectivity index (χ3v) is 7.40. The predicted molar refractivity (Wildman–Crippen MR) is 86.7 cm³/mol. The number of allylic oxidation sites excluding steroid dienone is 2. The molecule has 0 bridgehead atoms. The van der Waals surface area contributed by atoms with Crippen molar-refractivity contribution in [2.75, 3.05) is 0 Å². The Morgan fingerprint density at radius 3 is 2.75 bits per heavy atom. The van der Waals surface area contributed by atoms with Crippen molar-refractivity contribution in [1.82, 2.24) is 0 Å². The summed E-state index contributed by atoms with van der Waals surface area (Å²) >= 11 is 0. The molecule has 4 nitrogen and oxygen atoms in total. The fourth-order valence-electron chi connectivity index (χ4n) is 5.93. The van der Waals surface area contributed by atoms with Crippen LogP contribution in [0.5, 0.6) is 0 Å². The zero-order chi connectivity index (χ0) is 16.9. The number of hydrogen-bond donors (Lipinski definition) is 1. The zero-order valence-electron chi connectivity index (χ0n) is 14.1. The fourth-order valence-corrected chi connectivity index (χ4v) is 5.93. The fraction of sp³-hybridized carbons (Fsp3) is 0.600. The number of furan rings is 1. The highest BCUT2D eigenvalue weighted by Gasteiger charge is 2.57. The summed E-state index contributed by atoms with van der Waals surface area (Å²) in [4.78, 5) is 25.7. The van der Waals surface area contributed by atoms with Gasteiger partial charge in [-0.3, -0.25) is 9.59 Å². The number of ketones is 2. The molecule has 4 heteroatoms. The van der Waals surface area contributed by atoms with E-state index in [1.54, 1.807) is 6.26 Å². The summed E-state index contributed by atoms with van der Waals surface area (Å²) in [6.07, 6.45) is 5.55. The predicted octanol–water partition coefficient (Wildman–Crippen LogP) is 3.64. The lowest BCUT2D eigenvalue weighted by Crippen LogP contribution is -2.44. The summed E-state index contributed by atoms with van der Waals surface area (Å²) in [6.45, 7) is 4.23. The van der Waals surface area contributed by atoms with Crippen LogP contribution in [-0.4, -0.2) is 16.7 Å². The van der Waals surface area contributed by atoms with Crippen molar-refractivity contribution >= 4 is 11.6 Å². The van der Waals surface area contributed by atoms with Gasteiger partial charge in [0.2, 0.25) is 5.78 Å². The summed E-state index contributed by atoms with van der Waals surface area (Å²) in [5.41, 5.74) is 3.17. The highest BCUT2D eigenvalue weighted by Crippen LogP contribution is 2.61. The van der Waals surface area contributed by atoms with Crippen molar-refractivity contribution in [3.63, 3.8) is 0 Å². The monoisotopic (exact) mass is 326 g/mol. The molecular weight excluding hydrogens is 304 g/mol. The molecule has 5 rings (SSSR count). The molecule has 1 fully saturated rings. The summed E-state index contributed by atoms with van der Waals surface area (Å²) < 4.78 is 5.66. The van der Waals surface area contributed by atoms with Crippen molar-refractivity contribution in [2.45, 2.75) is 63.9 Å². The second-order valence-corrected chi connectivity index (χ2v) is 8.44. The summed E-state index contributed by atoms with van der Waals surface area (Å²) in [5, 5.41) is 10.3. The van der Waals surface area contributed by atoms with Crippen LogP contribution in [0.2, 0.25) is 0 Å². The average Bonchev–Trinajstić information content (AvgIpc) is 3.13. The lowest BCUT2D eigenvalue weighted by Gasteiger charge is -2.48. The van der Waals surface area contributed by atoms with Crippen LogP contribution < -0.4 is 0 Å². The first-order chi connectivity index (χ1) is 11.4. The third kappa shape index (κ3) is 1.45. The average molecular weight is 326 g/mol. The third-order valence-electron chi connectivity index (χ3n) is 7.40. The van der Waals surface area contributed by atoms with Crippen LogP contribution in [0.3, 0.4) is 0 Å². The van der Waals surface area contributed by atoms with Crippen LogP contribution in [0, 0.1) is 11.3 Å². The maximum absolute atomic E-state index is 13.2. The molecule has 0 aliphatic heterocycles. The van der Waals surface area contributed by atoms with E-state index in [9.17, 15) is 14.7 Å². The molecule has 0 spiro atoms. The van der Waals surface area contributed by atoms with Gasteiger partial charge in [0.15, 0.2) is 5.76 Å². The molecule has 0 radical (unpaired) electrons. The minimum Gasteiger partial charge on any atom is -0.460 e. The van der Waals surface area contributed by atoms with Crippen LogP contribution in [0.4, 0.5) is 0 Å². The quantitative estimate of drug-likeness (QED) is 0.790. The lowest BCUT2D eigenvalue weighted by molar-refractivity contribution is -0.126. The molecule has 126 valence electrons. The molecule has 4 unspecified atom stereocenters. The molecule has 1 aromatic rings. The maximum atomic E-state index is 13.2. The molecule has 4 aliphatic carbocycles. The SMILES string of the molecule is CC12CCC(O)c3coc(c31)C(=O)C1=C2CCC2(C)C(=O)CCC12. The van der Waals surface area contributed by atoms with Crippen LogP contribution in [0.15, 0.2) is 21.8 Å². The van der Waals surface area contributed by atoms with Crippen LogP contribution in [0.1, 0.15) is 80.2 Å². The molecule has 4 aliphatic rings. The van der Waals surface area contributed by atoms with E-state index in [1.165, 1.54) is 5.57 Å². The molecule has 1 saturated carbocycles. The lowest BCUT2D eigenvalue weighted by atomic mass is 9.54. The van der Waals surface area contributed by atoms with Crippen LogP contribution in [-0.2, 0) is 10.2 Å². The maximum Gasteiger partial charge on any atom is 0.224 e. The normalized spacial score (nSPS) is 40.5. The van der Waals surface area contributed by atoms with Gasteiger partial charge in [-0.2, -0.15) is 0 Å². The summed E-state index contributed by atoms with van der Waals surface area (Å²) in [6, 6.07) is 0. The second kappa shape index (κ2) is 4.29. The van der Waals surface area contributed by atoms with Gasteiger partial charge in [0.1, 0.15) is 5.78 Å². The number of aliphatic hydroxyl groups is 1. The summed E-state index contributed by atoms with van der Waals surface area (Å²) in [7, 11) is 0. The molecule has 0 saturated heterocycles. The standard InChI is InChI=1S/C20H22O4/c1-19-7-5-12-15(11(19)3-4-14(19)22)17(23)18-16-10(9-24-18)13(21)6-8-20(12,16)2/h9,11,13,21H,3-8H2,1-2H3. The topological polar surface area (TPSA) is 67.5 Å². The van der Waals surface area contributed by atoms with Gasteiger partial charge in [0.25, 0.3) is 0 Å². The van der Waals surface area contributed by atoms with Crippen molar-refractivity contribution in [3.8, 4) is 0 Å². The van der Waals surface area contributed by atoms with Crippen molar-refractivity contribution in [2.24, 2.45) is 11.3 Å². The Bertz CT molecular complexity index is 829. The van der Waals surface area contributed by atoms with Gasteiger partial charge in [-0.1, -0.05) is 19.4 Å². The van der Waals surface area contributed by atoms with Gasteiger partial charge in [0.05, 0.1) is 12.4 Å². The van der Waals surface area contributed by atoms with E-state index >= 15 is 0 Å². The first-order valence-corrected chi connectivity index (χ1v) is 8.99. The van der Waals surface area contributed by atoms with Crippen molar-refractivity contribution in [1.29, 1.82) is 0 Å². The number of Topliss-reactive ketones (excluding diaryl/α,β-unsaturated/α-hetero) is 2. The molecule has 4 atom stereocenters. The van der Waals surface area contributed by atoms with Gasteiger partial charge in [0, 0.05) is 39.9 Å². The minimum absolute atomic E-state index is 0.0339. The van der Waals surface area contributed by atoms with Crippen LogP contribution in [0.25, 0.3) is 0 Å². The Morgan fingerprint density at radius 1 is 1.17 bits per heavy atom. The smallest absolute Gasteiger partial charge is 0.224 e. The second-order valence-electron chi connectivity index (χ2n) is 8.44. The van der Waals surface area contributed by atoms with E-state index in [1.807, 2.05) is 6.92 Å². The Morgan fingerprint density at radius 2 is 1.96 bits per heavy atom. The number of carbonyl (C=O) groups excluding carboxylic acids is 2. The number of aliphatic hydroxyl groups excluding tert-OH is 1. The number of rotatable bonds is 0. The Balaban J connectivity index is 1.76. The zero-order valence-corrected chi connectivity index (χ0v) is 14.1. The van der Waals surface area contributed by atoms with Crippen LogP contribution >= 0.6 is 0 Å². The van der Waals surface area contributed by atoms with Gasteiger partial charge in [-0.15, -0.1) is 0 Å². The largest absolute Gasteiger partial charge is 0.460 e. The molecule has 24 heavy (non-hydrogen) atoms. The van der Waals surface area contributed by atoms with E-state index in [-0.39, 0.29) is 22.5 Å². The number of hydrogen-bond acceptors (Lipinski definition) is 4. The Kier molecular flexibility index (Phi) is 2.62. The molecule has 0 amide bonds. The van der Waals surface area contributed by atoms with E-state index in [4.69, 9.17) is 4.42 Å². The first-order valence-electron chi connectivity index (χ1n) is 8.99. The van der Waals surface area contributed by atoms with E-state index in [2.05, 4.69) is 6.92 Å². The molecule has 0 aromatic carbocycles. The van der Waals surface area contributed by atoms with E-state index < -0.39 is 6.10 Å². The molecule has 1 heterocycles. The Labute approximate surface area is 140 Å². The van der Waals surface area contributed by atoms with Gasteiger partial charge >= 0.3 is 0 Å². The number of fused-ring (bicyclic) bond motifs is 3. The highest BCUT2D eigenvalue weighted by molar-refractivity contribution is 6.12. The molecule has 1 N–H and O–H groups in total. The summed E-state index contributed by atoms with van der Waals surface area (Å²) in [5.74, 6) is 0.714. The van der Waals surface area contributed by atoms with Gasteiger partial charge in [-0.05, 0) is 32.1 Å². The highest BCUT2D eigenvalue weighted by atomic mass is 16.3. The van der Waals surface area contributed by atoms with Gasteiger partial charge < -0.3 is 9.52 Å². The number of carbonyl (C=O) groups is 2. The van der Waals surface area contributed by atoms with Gasteiger partial charge in [-0.25, -0.2) is 0 Å². The molecular formula is C20H22O4. The first kappa shape index (κ1) is 14.6. The van der Waals surface area contributed by atoms with Crippen molar-refractivity contribution < 1.29 is 19.1 Å². The Hall–Kier alpha value is -1.68. The van der Waals surface area contributed by atoms with Crippen molar-refractivity contribution in [3.05, 3.63) is 34.3 Å². The van der Waals surface area contributed by atoms with E-state index in [0.29, 0.717) is 24.4 Å². The minimum atomic E-state index is -0.539. The molecule has 1 aromatic heterocycles.